The van der Waals surface area contributed by atoms with Crippen LogP contribution in [0, 0.1) is 6.04 Å². The van der Waals surface area contributed by atoms with Crippen molar-refractivity contribution in [3.63, 3.8) is 0 Å². The van der Waals surface area contributed by atoms with Gasteiger partial charge in [-0.2, -0.15) is 4.58 Å². The van der Waals surface area contributed by atoms with Crippen LogP contribution in [0.5, 0.6) is 0 Å². The number of rotatable bonds is 3. The monoisotopic (exact) mass is 342 g/mol. The van der Waals surface area contributed by atoms with Crippen LogP contribution in [0.3, 0.4) is 0 Å². The highest BCUT2D eigenvalue weighted by Gasteiger charge is 2.36. The molecule has 1 amide bonds. The standard InChI is InChI=1S/C19H19FN2O3/c20-16-9-15(22-12-25-18(11-23)19(22)24)5-6-17(16)21-8-7-13-3-1-2-4-14(13)10-21/h1-6,9,12,17-18,23H,7-8,10-11H2/t17?,18-/m1/s1. The van der Waals surface area contributed by atoms with Crippen LogP contribution >= 0.6 is 0 Å². The molecule has 0 aromatic heterocycles. The molecule has 2 aliphatic heterocycles. The highest BCUT2D eigenvalue weighted by molar-refractivity contribution is 5.81. The summed E-state index contributed by atoms with van der Waals surface area (Å²) in [5.41, 5.74) is 2.55. The fourth-order valence-electron chi connectivity index (χ4n) is 3.47. The molecule has 130 valence electrons. The second-order valence-electron chi connectivity index (χ2n) is 6.37. The van der Waals surface area contributed by atoms with Gasteiger partial charge in [-0.05, 0) is 23.6 Å². The minimum atomic E-state index is -0.909. The van der Waals surface area contributed by atoms with E-state index in [9.17, 15) is 9.18 Å². The number of benzene rings is 1. The number of nitrogens with zero attached hydrogens (tertiary/aromatic N) is 2. The molecule has 4 rings (SSSR count). The molecular formula is C19H19FN2O3. The number of carbonyl (C=O) groups excluding carboxylic acids is 1. The van der Waals surface area contributed by atoms with Crippen molar-refractivity contribution in [2.24, 2.45) is 0 Å². The Morgan fingerprint density at radius 1 is 1.36 bits per heavy atom. The number of hydrogen-bond acceptors (Lipinski definition) is 4. The molecule has 2 heterocycles. The second-order valence-corrected chi connectivity index (χ2v) is 6.37. The lowest BCUT2D eigenvalue weighted by Gasteiger charge is -2.36. The zero-order chi connectivity index (χ0) is 17.4. The molecule has 0 radical (unpaired) electrons. The van der Waals surface area contributed by atoms with Gasteiger partial charge in [0, 0.05) is 19.1 Å². The van der Waals surface area contributed by atoms with Crippen LogP contribution < -0.4 is 0 Å². The summed E-state index contributed by atoms with van der Waals surface area (Å²) in [6.07, 6.45) is 6.08. The van der Waals surface area contributed by atoms with E-state index in [0.29, 0.717) is 12.6 Å². The van der Waals surface area contributed by atoms with Crippen molar-refractivity contribution >= 4 is 12.3 Å². The summed E-state index contributed by atoms with van der Waals surface area (Å²) in [4.78, 5) is 14.1. The number of carbonyl (C=O) groups is 1. The fraction of sp³-hybridized carbons (Fsp3) is 0.316. The van der Waals surface area contributed by atoms with E-state index >= 15 is 0 Å². The molecule has 25 heavy (non-hydrogen) atoms. The van der Waals surface area contributed by atoms with Gasteiger partial charge in [0.1, 0.15) is 6.04 Å². The van der Waals surface area contributed by atoms with Crippen molar-refractivity contribution in [3.05, 3.63) is 65.5 Å². The van der Waals surface area contributed by atoms with Gasteiger partial charge < -0.3 is 9.84 Å². The van der Waals surface area contributed by atoms with E-state index in [4.69, 9.17) is 9.84 Å². The first kappa shape index (κ1) is 16.1. The predicted molar refractivity (Wildman–Crippen MR) is 89.2 cm³/mol. The summed E-state index contributed by atoms with van der Waals surface area (Å²) < 4.78 is 21.0. The number of halogens is 1. The van der Waals surface area contributed by atoms with Crippen LogP contribution in [0.25, 0.3) is 0 Å². The lowest BCUT2D eigenvalue weighted by molar-refractivity contribution is -0.413. The quantitative estimate of drug-likeness (QED) is 0.665. The zero-order valence-corrected chi connectivity index (χ0v) is 13.6. The Hall–Kier alpha value is -2.44. The maximum Gasteiger partial charge on any atom is 0.372 e. The van der Waals surface area contributed by atoms with Crippen molar-refractivity contribution in [3.8, 4) is 0 Å². The largest absolute Gasteiger partial charge is 0.471 e. The van der Waals surface area contributed by atoms with Gasteiger partial charge in [-0.1, -0.05) is 30.3 Å². The van der Waals surface area contributed by atoms with Crippen LogP contribution in [0.4, 0.5) is 4.39 Å². The predicted octanol–water partition coefficient (Wildman–Crippen LogP) is 1.33. The van der Waals surface area contributed by atoms with Crippen molar-refractivity contribution in [2.45, 2.75) is 25.1 Å². The van der Waals surface area contributed by atoms with Gasteiger partial charge in [0.15, 0.2) is 0 Å². The summed E-state index contributed by atoms with van der Waals surface area (Å²) in [5.74, 6) is -0.693. The molecule has 3 aliphatic rings. The highest BCUT2D eigenvalue weighted by atomic mass is 19.1. The molecule has 0 fully saturated rings. The summed E-state index contributed by atoms with van der Waals surface area (Å²) in [5, 5.41) is 9.08. The number of hydrogen-bond donors (Lipinski definition) is 1. The van der Waals surface area contributed by atoms with Crippen molar-refractivity contribution < 1.29 is 23.6 Å². The summed E-state index contributed by atoms with van der Waals surface area (Å²) >= 11 is 0. The van der Waals surface area contributed by atoms with E-state index in [2.05, 4.69) is 17.0 Å². The molecule has 0 saturated heterocycles. The smallest absolute Gasteiger partial charge is 0.372 e. The molecule has 1 unspecified atom stereocenters. The zero-order valence-electron chi connectivity index (χ0n) is 13.6. The third-order valence-electron chi connectivity index (χ3n) is 4.86. The van der Waals surface area contributed by atoms with Gasteiger partial charge in [-0.15, -0.1) is 6.08 Å². The lowest BCUT2D eigenvalue weighted by Crippen LogP contribution is -2.40. The molecule has 1 aliphatic carbocycles. The van der Waals surface area contributed by atoms with Crippen molar-refractivity contribution in [1.82, 2.24) is 4.90 Å². The minimum absolute atomic E-state index is 0.300. The Morgan fingerprint density at radius 3 is 2.88 bits per heavy atom. The highest BCUT2D eigenvalue weighted by Crippen LogP contribution is 2.29. The topological polar surface area (TPSA) is 52.8 Å². The van der Waals surface area contributed by atoms with Crippen LogP contribution in [0.2, 0.25) is 0 Å². The molecular weight excluding hydrogens is 323 g/mol. The maximum absolute atomic E-state index is 14.7. The summed E-state index contributed by atoms with van der Waals surface area (Å²) in [7, 11) is 0. The molecule has 6 heteroatoms. The van der Waals surface area contributed by atoms with Crippen molar-refractivity contribution in [2.75, 3.05) is 13.2 Å². The maximum atomic E-state index is 14.7. The van der Waals surface area contributed by atoms with E-state index < -0.39 is 24.7 Å². The normalized spacial score (nSPS) is 26.2. The van der Waals surface area contributed by atoms with Crippen LogP contribution in [0.15, 0.2) is 48.3 Å². The molecule has 0 spiro atoms. The summed E-state index contributed by atoms with van der Waals surface area (Å²) in [6, 6.07) is 8.22. The first-order chi connectivity index (χ1) is 12.2. The minimum Gasteiger partial charge on any atom is -0.471 e. The van der Waals surface area contributed by atoms with Crippen molar-refractivity contribution in [1.29, 1.82) is 0 Å². The Bertz CT molecular complexity index is 787. The molecule has 0 saturated carbocycles. The third kappa shape index (κ3) is 2.88. The average molecular weight is 342 g/mol. The lowest BCUT2D eigenvalue weighted by atomic mass is 9.96. The second kappa shape index (κ2) is 6.46. The molecule has 1 aromatic carbocycles. The van der Waals surface area contributed by atoms with Gasteiger partial charge in [0.05, 0.1) is 12.4 Å². The Morgan fingerprint density at radius 2 is 2.16 bits per heavy atom. The van der Waals surface area contributed by atoms with Gasteiger partial charge in [-0.25, -0.2) is 0 Å². The molecule has 2 atom stereocenters. The van der Waals surface area contributed by atoms with E-state index in [-0.39, 0.29) is 5.83 Å². The Kier molecular flexibility index (Phi) is 4.15. The number of amides is 1. The molecule has 1 N–H and O–H groups in total. The Labute approximate surface area is 145 Å². The number of fused-ring (bicyclic) bond motifs is 1. The fourth-order valence-corrected chi connectivity index (χ4v) is 3.47. The van der Waals surface area contributed by atoms with E-state index in [0.717, 1.165) is 13.0 Å². The molecule has 5 nitrogen and oxygen atoms in total. The number of ether oxygens (including phenoxy) is 1. The first-order valence-electron chi connectivity index (χ1n) is 8.33. The van der Waals surface area contributed by atoms with Crippen LogP contribution in [-0.4, -0.2) is 52.2 Å². The van der Waals surface area contributed by atoms with E-state index in [1.807, 2.05) is 12.1 Å². The van der Waals surface area contributed by atoms with E-state index in [1.165, 1.54) is 28.2 Å². The third-order valence-corrected chi connectivity index (χ3v) is 4.86. The number of aliphatic hydroxyl groups excluding tert-OH is 1. The van der Waals surface area contributed by atoms with Gasteiger partial charge >= 0.3 is 5.91 Å². The van der Waals surface area contributed by atoms with Gasteiger partial charge in [-0.3, -0.25) is 14.1 Å². The van der Waals surface area contributed by atoms with E-state index in [1.54, 1.807) is 12.2 Å². The van der Waals surface area contributed by atoms with Crippen LogP contribution in [-0.2, 0) is 22.5 Å². The number of aliphatic hydroxyl groups is 1. The first-order valence-corrected chi connectivity index (χ1v) is 8.33. The average Bonchev–Trinajstić information content (AvgIpc) is 3.02. The van der Waals surface area contributed by atoms with Gasteiger partial charge in [0.25, 0.3) is 6.40 Å². The Balaban J connectivity index is 1.49. The summed E-state index contributed by atoms with van der Waals surface area (Å²) in [6.45, 7) is 1.09. The molecule has 0 bridgehead atoms. The van der Waals surface area contributed by atoms with Crippen LogP contribution in [0.1, 0.15) is 11.1 Å². The molecule has 1 aromatic rings. The van der Waals surface area contributed by atoms with Gasteiger partial charge in [0.2, 0.25) is 6.10 Å². The SMILES string of the molecule is O=C1[C@@H](CO)OC=[N+]1[C-]1C=CC(N2CCc3ccccc3C2)C(F)=C1.